The summed E-state index contributed by atoms with van der Waals surface area (Å²) in [6.45, 7) is 0. The second kappa shape index (κ2) is 4.75. The molecule has 17 heavy (non-hydrogen) atoms. The summed E-state index contributed by atoms with van der Waals surface area (Å²) in [5.74, 6) is -0.235. The van der Waals surface area contributed by atoms with Gasteiger partial charge in [-0.05, 0) is 12.1 Å². The standard InChI is InChI=1S/C10H8ClN5O/c11-7-1-2-8(12)16-9(7)10(17)15-6-3-13-5-14-4-6/h1-5H,(H2,12,16)(H,15,17). The number of rotatable bonds is 2. The minimum absolute atomic E-state index is 0.0653. The second-order valence-electron chi connectivity index (χ2n) is 3.15. The summed E-state index contributed by atoms with van der Waals surface area (Å²) in [6, 6.07) is 3.03. The van der Waals surface area contributed by atoms with Crippen molar-refractivity contribution in [3.63, 3.8) is 0 Å². The molecule has 86 valence electrons. The normalized spacial score (nSPS) is 9.94. The van der Waals surface area contributed by atoms with E-state index in [1.807, 2.05) is 0 Å². The predicted octanol–water partition coefficient (Wildman–Crippen LogP) is 1.36. The van der Waals surface area contributed by atoms with E-state index >= 15 is 0 Å². The first-order valence-corrected chi connectivity index (χ1v) is 5.03. The number of carbonyl (C=O) groups is 1. The molecule has 2 rings (SSSR count). The largest absolute Gasteiger partial charge is 0.384 e. The lowest BCUT2D eigenvalue weighted by molar-refractivity contribution is 0.102. The number of carbonyl (C=O) groups excluding carboxylic acids is 1. The fourth-order valence-corrected chi connectivity index (χ4v) is 1.36. The molecule has 0 bridgehead atoms. The minimum Gasteiger partial charge on any atom is -0.384 e. The highest BCUT2D eigenvalue weighted by Gasteiger charge is 2.12. The average Bonchev–Trinajstić information content (AvgIpc) is 2.33. The van der Waals surface area contributed by atoms with Crippen LogP contribution in [0.5, 0.6) is 0 Å². The number of nitrogens with zero attached hydrogens (tertiary/aromatic N) is 3. The van der Waals surface area contributed by atoms with Gasteiger partial charge >= 0.3 is 0 Å². The van der Waals surface area contributed by atoms with E-state index in [2.05, 4.69) is 20.3 Å². The molecule has 2 aromatic heterocycles. The van der Waals surface area contributed by atoms with Gasteiger partial charge in [0.2, 0.25) is 0 Å². The van der Waals surface area contributed by atoms with Crippen molar-refractivity contribution in [2.75, 3.05) is 11.1 Å². The number of hydrogen-bond donors (Lipinski definition) is 2. The fraction of sp³-hybridized carbons (Fsp3) is 0. The zero-order chi connectivity index (χ0) is 12.3. The first kappa shape index (κ1) is 11.3. The molecule has 2 heterocycles. The summed E-state index contributed by atoms with van der Waals surface area (Å²) in [5.41, 5.74) is 6.01. The van der Waals surface area contributed by atoms with Crippen molar-refractivity contribution in [1.29, 1.82) is 0 Å². The zero-order valence-electron chi connectivity index (χ0n) is 8.59. The van der Waals surface area contributed by atoms with Crippen molar-refractivity contribution >= 4 is 29.0 Å². The number of halogens is 1. The molecule has 0 aliphatic rings. The maximum atomic E-state index is 11.8. The molecule has 0 aliphatic carbocycles. The maximum Gasteiger partial charge on any atom is 0.275 e. The van der Waals surface area contributed by atoms with Crippen molar-refractivity contribution in [2.45, 2.75) is 0 Å². The van der Waals surface area contributed by atoms with E-state index in [0.717, 1.165) is 0 Å². The zero-order valence-corrected chi connectivity index (χ0v) is 9.35. The summed E-state index contributed by atoms with van der Waals surface area (Å²) < 4.78 is 0. The van der Waals surface area contributed by atoms with Crippen LogP contribution in [0.2, 0.25) is 5.02 Å². The predicted molar refractivity (Wildman–Crippen MR) is 63.6 cm³/mol. The second-order valence-corrected chi connectivity index (χ2v) is 3.56. The summed E-state index contributed by atoms with van der Waals surface area (Å²) in [7, 11) is 0. The molecular weight excluding hydrogens is 242 g/mol. The van der Waals surface area contributed by atoms with Crippen LogP contribution in [0.15, 0.2) is 30.9 Å². The van der Waals surface area contributed by atoms with Crippen molar-refractivity contribution in [2.24, 2.45) is 0 Å². The Labute approximate surface area is 102 Å². The Bertz CT molecular complexity index is 546. The fourth-order valence-electron chi connectivity index (χ4n) is 1.17. The van der Waals surface area contributed by atoms with Gasteiger partial charge in [-0.3, -0.25) is 4.79 Å². The Balaban J connectivity index is 2.23. The molecule has 0 unspecified atom stereocenters. The topological polar surface area (TPSA) is 93.8 Å². The van der Waals surface area contributed by atoms with Gasteiger partial charge in [-0.2, -0.15) is 0 Å². The first-order valence-electron chi connectivity index (χ1n) is 4.65. The van der Waals surface area contributed by atoms with Gasteiger partial charge in [0.05, 0.1) is 23.1 Å². The highest BCUT2D eigenvalue weighted by molar-refractivity contribution is 6.34. The van der Waals surface area contributed by atoms with Gasteiger partial charge in [-0.1, -0.05) is 11.6 Å². The molecule has 7 heteroatoms. The molecule has 0 spiro atoms. The number of amides is 1. The molecule has 2 aromatic rings. The number of nitrogen functional groups attached to an aromatic ring is 1. The van der Waals surface area contributed by atoms with E-state index in [9.17, 15) is 4.79 Å². The van der Waals surface area contributed by atoms with Crippen molar-refractivity contribution < 1.29 is 4.79 Å². The monoisotopic (exact) mass is 249 g/mol. The van der Waals surface area contributed by atoms with Crippen molar-refractivity contribution in [1.82, 2.24) is 15.0 Å². The highest BCUT2D eigenvalue weighted by Crippen LogP contribution is 2.16. The molecular formula is C10H8ClN5O. The van der Waals surface area contributed by atoms with Crippen LogP contribution in [0.25, 0.3) is 0 Å². The summed E-state index contributed by atoms with van der Waals surface area (Å²) in [4.78, 5) is 23.2. The number of pyridine rings is 1. The lowest BCUT2D eigenvalue weighted by atomic mass is 10.3. The van der Waals surface area contributed by atoms with E-state index in [0.29, 0.717) is 5.69 Å². The molecule has 6 nitrogen and oxygen atoms in total. The van der Waals surface area contributed by atoms with Gasteiger partial charge < -0.3 is 11.1 Å². The van der Waals surface area contributed by atoms with Gasteiger partial charge in [-0.15, -0.1) is 0 Å². The lowest BCUT2D eigenvalue weighted by Gasteiger charge is -2.05. The number of nitrogens with one attached hydrogen (secondary N) is 1. The summed E-state index contributed by atoms with van der Waals surface area (Å²) in [6.07, 6.45) is 4.29. The van der Waals surface area contributed by atoms with Crippen molar-refractivity contribution in [3.8, 4) is 0 Å². The van der Waals surface area contributed by atoms with Crippen LogP contribution >= 0.6 is 11.6 Å². The summed E-state index contributed by atoms with van der Waals surface area (Å²) >= 11 is 5.85. The Morgan fingerprint density at radius 3 is 2.71 bits per heavy atom. The Morgan fingerprint density at radius 1 is 1.29 bits per heavy atom. The number of anilines is 2. The molecule has 1 amide bonds. The van der Waals surface area contributed by atoms with Crippen LogP contribution in [-0.2, 0) is 0 Å². The van der Waals surface area contributed by atoms with E-state index in [4.69, 9.17) is 17.3 Å². The van der Waals surface area contributed by atoms with Crippen LogP contribution in [-0.4, -0.2) is 20.9 Å². The van der Waals surface area contributed by atoms with Crippen LogP contribution in [0.3, 0.4) is 0 Å². The highest BCUT2D eigenvalue weighted by atomic mass is 35.5. The van der Waals surface area contributed by atoms with E-state index < -0.39 is 5.91 Å². The molecule has 0 aromatic carbocycles. The third kappa shape index (κ3) is 2.67. The van der Waals surface area contributed by atoms with E-state index in [-0.39, 0.29) is 16.5 Å². The van der Waals surface area contributed by atoms with Crippen molar-refractivity contribution in [3.05, 3.63) is 41.6 Å². The van der Waals surface area contributed by atoms with Gasteiger partial charge in [0, 0.05) is 0 Å². The molecule has 0 atom stereocenters. The van der Waals surface area contributed by atoms with Gasteiger partial charge in [0.25, 0.3) is 5.91 Å². The van der Waals surface area contributed by atoms with Gasteiger partial charge in [0.15, 0.2) is 0 Å². The maximum absolute atomic E-state index is 11.8. The Kier molecular flexibility index (Phi) is 3.15. The molecule has 0 radical (unpaired) electrons. The Hall–Kier alpha value is -2.21. The number of aromatic nitrogens is 3. The van der Waals surface area contributed by atoms with Crippen LogP contribution in [0, 0.1) is 0 Å². The summed E-state index contributed by atoms with van der Waals surface area (Å²) in [5, 5.41) is 2.79. The molecule has 0 fully saturated rings. The molecule has 0 saturated heterocycles. The van der Waals surface area contributed by atoms with Gasteiger partial charge in [-0.25, -0.2) is 15.0 Å². The van der Waals surface area contributed by atoms with Crippen LogP contribution < -0.4 is 11.1 Å². The molecule has 0 aliphatic heterocycles. The SMILES string of the molecule is Nc1ccc(Cl)c(C(=O)Nc2cncnc2)n1. The quantitative estimate of drug-likeness (QED) is 0.838. The van der Waals surface area contributed by atoms with Crippen LogP contribution in [0.4, 0.5) is 11.5 Å². The minimum atomic E-state index is -0.461. The average molecular weight is 250 g/mol. The third-order valence-corrected chi connectivity index (χ3v) is 2.21. The van der Waals surface area contributed by atoms with E-state index in [1.54, 1.807) is 0 Å². The smallest absolute Gasteiger partial charge is 0.275 e. The lowest BCUT2D eigenvalue weighted by Crippen LogP contribution is -2.15. The van der Waals surface area contributed by atoms with E-state index in [1.165, 1.54) is 30.9 Å². The number of nitrogens with two attached hydrogens (primary N) is 1. The molecule has 3 N–H and O–H groups in total. The first-order chi connectivity index (χ1) is 8.16. The Morgan fingerprint density at radius 2 is 2.00 bits per heavy atom. The third-order valence-electron chi connectivity index (χ3n) is 1.90. The molecule has 0 saturated carbocycles. The van der Waals surface area contributed by atoms with Crippen LogP contribution in [0.1, 0.15) is 10.5 Å². The van der Waals surface area contributed by atoms with Gasteiger partial charge in [0.1, 0.15) is 17.8 Å². The number of hydrogen-bond acceptors (Lipinski definition) is 5.